The summed E-state index contributed by atoms with van der Waals surface area (Å²) in [5.41, 5.74) is 0.605. The maximum Gasteiger partial charge on any atom is 0.129 e. The normalized spacial score (nSPS) is 26.6. The minimum Gasteiger partial charge on any atom is -0.380 e. The molecule has 2 saturated heterocycles. The van der Waals surface area contributed by atoms with E-state index in [9.17, 15) is 4.39 Å². The first-order chi connectivity index (χ1) is 9.75. The van der Waals surface area contributed by atoms with E-state index in [2.05, 4.69) is 10.2 Å². The molecule has 2 heterocycles. The Morgan fingerprint density at radius 3 is 2.90 bits per heavy atom. The van der Waals surface area contributed by atoms with E-state index in [-0.39, 0.29) is 5.82 Å². The van der Waals surface area contributed by atoms with Crippen LogP contribution in [-0.4, -0.2) is 43.3 Å². The van der Waals surface area contributed by atoms with Gasteiger partial charge in [0, 0.05) is 42.4 Å². The number of hydrogen-bond donors (Lipinski definition) is 1. The lowest BCUT2D eigenvalue weighted by molar-refractivity contribution is 0.107. The van der Waals surface area contributed by atoms with Crippen LogP contribution >= 0.6 is 11.6 Å². The topological polar surface area (TPSA) is 24.5 Å². The number of halogens is 2. The molecule has 0 aliphatic carbocycles. The number of benzene rings is 1. The summed E-state index contributed by atoms with van der Waals surface area (Å²) in [5, 5.41) is 3.90. The highest BCUT2D eigenvalue weighted by Crippen LogP contribution is 2.26. The fourth-order valence-corrected chi connectivity index (χ4v) is 3.35. The first-order valence-corrected chi connectivity index (χ1v) is 7.60. The number of nitrogens with zero attached hydrogens (tertiary/aromatic N) is 1. The van der Waals surface area contributed by atoms with Crippen molar-refractivity contribution >= 4 is 11.6 Å². The van der Waals surface area contributed by atoms with Gasteiger partial charge in [0.25, 0.3) is 0 Å². The second-order valence-electron chi connectivity index (χ2n) is 5.54. The second kappa shape index (κ2) is 6.39. The number of ether oxygens (including phenoxy) is 1. The molecule has 3 nitrogen and oxygen atoms in total. The van der Waals surface area contributed by atoms with Crippen LogP contribution in [0.25, 0.3) is 0 Å². The van der Waals surface area contributed by atoms with Crippen LogP contribution in [0.15, 0.2) is 18.2 Å². The SMILES string of the molecule is Fc1cccc(Cl)c1CN([C@@H]1CCOC1)[C@H]1CCNC1. The third-order valence-electron chi connectivity index (χ3n) is 4.28. The van der Waals surface area contributed by atoms with Gasteiger partial charge in [0.2, 0.25) is 0 Å². The van der Waals surface area contributed by atoms with E-state index in [1.807, 2.05) is 0 Å². The summed E-state index contributed by atoms with van der Waals surface area (Å²) in [5.74, 6) is -0.215. The zero-order valence-corrected chi connectivity index (χ0v) is 12.2. The first kappa shape index (κ1) is 14.3. The van der Waals surface area contributed by atoms with Gasteiger partial charge in [-0.25, -0.2) is 4.39 Å². The molecule has 0 saturated carbocycles. The van der Waals surface area contributed by atoms with Crippen LogP contribution in [0.2, 0.25) is 5.02 Å². The van der Waals surface area contributed by atoms with Crippen LogP contribution < -0.4 is 5.32 Å². The van der Waals surface area contributed by atoms with E-state index < -0.39 is 0 Å². The van der Waals surface area contributed by atoms with Gasteiger partial charge in [0.05, 0.1) is 6.61 Å². The Hall–Kier alpha value is -0.680. The fourth-order valence-electron chi connectivity index (χ4n) is 3.13. The van der Waals surface area contributed by atoms with Crippen molar-refractivity contribution in [3.05, 3.63) is 34.6 Å². The molecule has 5 heteroatoms. The molecule has 0 radical (unpaired) electrons. The second-order valence-corrected chi connectivity index (χ2v) is 5.94. The molecule has 0 unspecified atom stereocenters. The molecule has 2 atom stereocenters. The Labute approximate surface area is 124 Å². The summed E-state index contributed by atoms with van der Waals surface area (Å²) in [4.78, 5) is 2.37. The summed E-state index contributed by atoms with van der Waals surface area (Å²) >= 11 is 6.17. The van der Waals surface area contributed by atoms with Crippen molar-refractivity contribution in [1.29, 1.82) is 0 Å². The Morgan fingerprint density at radius 1 is 1.35 bits per heavy atom. The minimum absolute atomic E-state index is 0.215. The number of nitrogens with one attached hydrogen (secondary N) is 1. The van der Waals surface area contributed by atoms with Gasteiger partial charge in [-0.1, -0.05) is 17.7 Å². The Morgan fingerprint density at radius 2 is 2.25 bits per heavy atom. The van der Waals surface area contributed by atoms with Gasteiger partial charge in [0.15, 0.2) is 0 Å². The molecule has 3 rings (SSSR count). The smallest absolute Gasteiger partial charge is 0.129 e. The van der Waals surface area contributed by atoms with Crippen molar-refractivity contribution < 1.29 is 9.13 Å². The van der Waals surface area contributed by atoms with Gasteiger partial charge in [-0.05, 0) is 31.5 Å². The lowest BCUT2D eigenvalue weighted by Gasteiger charge is -2.33. The van der Waals surface area contributed by atoms with E-state index in [4.69, 9.17) is 16.3 Å². The fraction of sp³-hybridized carbons (Fsp3) is 0.600. The van der Waals surface area contributed by atoms with Crippen LogP contribution in [0.4, 0.5) is 4.39 Å². The van der Waals surface area contributed by atoms with E-state index in [1.165, 1.54) is 6.07 Å². The first-order valence-electron chi connectivity index (χ1n) is 7.23. The highest BCUT2D eigenvalue weighted by molar-refractivity contribution is 6.31. The summed E-state index contributed by atoms with van der Waals surface area (Å²) in [6, 6.07) is 5.71. The average molecular weight is 299 g/mol. The Bertz CT molecular complexity index is 423. The van der Waals surface area contributed by atoms with Crippen LogP contribution in [0.3, 0.4) is 0 Å². The van der Waals surface area contributed by atoms with Gasteiger partial charge >= 0.3 is 0 Å². The van der Waals surface area contributed by atoms with Gasteiger partial charge in [-0.15, -0.1) is 0 Å². The Balaban J connectivity index is 1.81. The maximum absolute atomic E-state index is 14.0. The predicted octanol–water partition coefficient (Wildman–Crippen LogP) is 2.43. The van der Waals surface area contributed by atoms with Gasteiger partial charge in [0.1, 0.15) is 5.82 Å². The molecule has 20 heavy (non-hydrogen) atoms. The molecular weight excluding hydrogens is 279 g/mol. The molecule has 0 amide bonds. The number of hydrogen-bond acceptors (Lipinski definition) is 3. The van der Waals surface area contributed by atoms with Gasteiger partial charge in [-0.3, -0.25) is 4.90 Å². The average Bonchev–Trinajstić information content (AvgIpc) is 3.12. The predicted molar refractivity (Wildman–Crippen MR) is 77.5 cm³/mol. The van der Waals surface area contributed by atoms with Crippen LogP contribution in [0, 0.1) is 5.82 Å². The Kier molecular flexibility index (Phi) is 4.56. The zero-order valence-electron chi connectivity index (χ0n) is 11.4. The van der Waals surface area contributed by atoms with Crippen molar-refractivity contribution in [2.24, 2.45) is 0 Å². The molecule has 2 fully saturated rings. The van der Waals surface area contributed by atoms with E-state index >= 15 is 0 Å². The van der Waals surface area contributed by atoms with Crippen LogP contribution in [0.1, 0.15) is 18.4 Å². The monoisotopic (exact) mass is 298 g/mol. The van der Waals surface area contributed by atoms with Crippen molar-refractivity contribution in [3.63, 3.8) is 0 Å². The summed E-state index contributed by atoms with van der Waals surface area (Å²) in [6.07, 6.45) is 2.12. The third-order valence-corrected chi connectivity index (χ3v) is 4.63. The quantitative estimate of drug-likeness (QED) is 0.924. The molecule has 1 aromatic carbocycles. The molecule has 1 N–H and O–H groups in total. The lowest BCUT2D eigenvalue weighted by atomic mass is 10.1. The van der Waals surface area contributed by atoms with Crippen molar-refractivity contribution in [1.82, 2.24) is 10.2 Å². The molecule has 2 aliphatic heterocycles. The van der Waals surface area contributed by atoms with Crippen molar-refractivity contribution in [2.45, 2.75) is 31.5 Å². The van der Waals surface area contributed by atoms with Crippen LogP contribution in [-0.2, 0) is 11.3 Å². The molecule has 0 bridgehead atoms. The van der Waals surface area contributed by atoms with E-state index in [1.54, 1.807) is 12.1 Å². The summed E-state index contributed by atoms with van der Waals surface area (Å²) in [7, 11) is 0. The molecule has 110 valence electrons. The number of rotatable bonds is 4. The molecular formula is C15H20ClFN2O. The van der Waals surface area contributed by atoms with Crippen molar-refractivity contribution in [2.75, 3.05) is 26.3 Å². The highest BCUT2D eigenvalue weighted by atomic mass is 35.5. The summed E-state index contributed by atoms with van der Waals surface area (Å²) in [6.45, 7) is 4.09. The van der Waals surface area contributed by atoms with E-state index in [0.29, 0.717) is 29.2 Å². The van der Waals surface area contributed by atoms with Crippen molar-refractivity contribution in [3.8, 4) is 0 Å². The molecule has 2 aliphatic rings. The maximum atomic E-state index is 14.0. The zero-order chi connectivity index (χ0) is 13.9. The largest absolute Gasteiger partial charge is 0.380 e. The van der Waals surface area contributed by atoms with Gasteiger partial charge < -0.3 is 10.1 Å². The molecule has 0 spiro atoms. The van der Waals surface area contributed by atoms with Crippen LogP contribution in [0.5, 0.6) is 0 Å². The summed E-state index contributed by atoms with van der Waals surface area (Å²) < 4.78 is 19.5. The molecule has 1 aromatic rings. The molecule has 0 aromatic heterocycles. The standard InChI is InChI=1S/C15H20ClFN2O/c16-14-2-1-3-15(17)13(14)9-19(11-4-6-18-8-11)12-5-7-20-10-12/h1-3,11-12,18H,4-10H2/t11-,12+/m0/s1. The van der Waals surface area contributed by atoms with Gasteiger partial charge in [-0.2, -0.15) is 0 Å². The highest BCUT2D eigenvalue weighted by Gasteiger charge is 2.32. The van der Waals surface area contributed by atoms with E-state index in [0.717, 1.165) is 39.1 Å². The minimum atomic E-state index is -0.215. The lowest BCUT2D eigenvalue weighted by Crippen LogP contribution is -2.44. The third kappa shape index (κ3) is 2.98.